The van der Waals surface area contributed by atoms with E-state index in [0.29, 0.717) is 0 Å². The number of nitrogens with zero attached hydrogens (tertiary/aromatic N) is 2. The van der Waals surface area contributed by atoms with Gasteiger partial charge in [-0.3, -0.25) is 5.32 Å². The zero-order valence-electron chi connectivity index (χ0n) is 9.74. The number of halogens is 1. The smallest absolute Gasteiger partial charge is 0.412 e. The van der Waals surface area contributed by atoms with Crippen molar-refractivity contribution >= 4 is 11.8 Å². The Bertz CT molecular complexity index is 475. The van der Waals surface area contributed by atoms with Crippen LogP contribution in [-0.2, 0) is 4.74 Å². The lowest BCUT2D eigenvalue weighted by Gasteiger charge is -2.19. The van der Waals surface area contributed by atoms with Gasteiger partial charge in [-0.2, -0.15) is 5.26 Å². The average Bonchev–Trinajstić information content (AvgIpc) is 2.14. The van der Waals surface area contributed by atoms with E-state index in [1.54, 1.807) is 26.8 Å². The van der Waals surface area contributed by atoms with Crippen LogP contribution in [0, 0.1) is 17.1 Å². The van der Waals surface area contributed by atoms with Gasteiger partial charge in [-0.25, -0.2) is 14.2 Å². The van der Waals surface area contributed by atoms with Gasteiger partial charge in [0.15, 0.2) is 5.69 Å². The summed E-state index contributed by atoms with van der Waals surface area (Å²) in [6, 6.07) is 2.75. The largest absolute Gasteiger partial charge is 0.444 e. The molecule has 5 nitrogen and oxygen atoms in total. The molecule has 1 aromatic heterocycles. The summed E-state index contributed by atoms with van der Waals surface area (Å²) >= 11 is 0. The van der Waals surface area contributed by atoms with E-state index in [1.807, 2.05) is 0 Å². The molecule has 0 aliphatic rings. The lowest BCUT2D eigenvalue weighted by molar-refractivity contribution is 0.0636. The SMILES string of the molecule is CC(C)(C)OC(=O)Nc1cc(F)cnc1C#N. The maximum absolute atomic E-state index is 12.9. The molecular weight excluding hydrogens is 225 g/mol. The van der Waals surface area contributed by atoms with Crippen molar-refractivity contribution in [3.8, 4) is 6.07 Å². The molecule has 0 aliphatic heterocycles. The normalized spacial score (nSPS) is 10.5. The first-order valence-corrected chi connectivity index (χ1v) is 4.87. The Labute approximate surface area is 98.2 Å². The number of aromatic nitrogens is 1. The van der Waals surface area contributed by atoms with E-state index in [9.17, 15) is 9.18 Å². The first kappa shape index (κ1) is 12.9. The van der Waals surface area contributed by atoms with Gasteiger partial charge in [-0.1, -0.05) is 0 Å². The van der Waals surface area contributed by atoms with Gasteiger partial charge in [0.05, 0.1) is 11.9 Å². The number of amides is 1. The summed E-state index contributed by atoms with van der Waals surface area (Å²) in [6.45, 7) is 5.09. The summed E-state index contributed by atoms with van der Waals surface area (Å²) in [6.07, 6.45) is 0.139. The Morgan fingerprint density at radius 2 is 2.24 bits per heavy atom. The van der Waals surface area contributed by atoms with Crippen molar-refractivity contribution < 1.29 is 13.9 Å². The number of ether oxygens (including phenoxy) is 1. The Balaban J connectivity index is 2.85. The fourth-order valence-corrected chi connectivity index (χ4v) is 1.04. The summed E-state index contributed by atoms with van der Waals surface area (Å²) < 4.78 is 17.9. The molecule has 0 aromatic carbocycles. The van der Waals surface area contributed by atoms with Crippen LogP contribution in [0.2, 0.25) is 0 Å². The summed E-state index contributed by atoms with van der Waals surface area (Å²) in [7, 11) is 0. The molecule has 1 heterocycles. The number of hydrogen-bond acceptors (Lipinski definition) is 4. The highest BCUT2D eigenvalue weighted by atomic mass is 19.1. The van der Waals surface area contributed by atoms with Crippen LogP contribution < -0.4 is 5.32 Å². The van der Waals surface area contributed by atoms with E-state index in [2.05, 4.69) is 10.3 Å². The van der Waals surface area contributed by atoms with Crippen molar-refractivity contribution in [2.45, 2.75) is 26.4 Å². The molecule has 1 aromatic rings. The first-order valence-electron chi connectivity index (χ1n) is 4.87. The lowest BCUT2D eigenvalue weighted by Crippen LogP contribution is -2.27. The van der Waals surface area contributed by atoms with Crippen LogP contribution in [0.25, 0.3) is 0 Å². The molecule has 1 rings (SSSR count). The van der Waals surface area contributed by atoms with E-state index < -0.39 is 17.5 Å². The maximum Gasteiger partial charge on any atom is 0.412 e. The van der Waals surface area contributed by atoms with Crippen LogP contribution in [-0.4, -0.2) is 16.7 Å². The van der Waals surface area contributed by atoms with Gasteiger partial charge >= 0.3 is 6.09 Å². The zero-order valence-corrected chi connectivity index (χ0v) is 9.74. The Morgan fingerprint density at radius 3 is 2.76 bits per heavy atom. The number of nitrogens with one attached hydrogen (secondary N) is 1. The van der Waals surface area contributed by atoms with Crippen LogP contribution >= 0.6 is 0 Å². The summed E-state index contributed by atoms with van der Waals surface area (Å²) in [4.78, 5) is 15.0. The van der Waals surface area contributed by atoms with E-state index in [0.717, 1.165) is 12.3 Å². The van der Waals surface area contributed by atoms with Gasteiger partial charge in [0.25, 0.3) is 0 Å². The van der Waals surface area contributed by atoms with E-state index in [-0.39, 0.29) is 11.4 Å². The fourth-order valence-electron chi connectivity index (χ4n) is 1.04. The number of nitriles is 1. The fraction of sp³-hybridized carbons (Fsp3) is 0.364. The summed E-state index contributed by atoms with van der Waals surface area (Å²) in [5.41, 5.74) is -0.753. The number of carbonyl (C=O) groups excluding carboxylic acids is 1. The average molecular weight is 237 g/mol. The third kappa shape index (κ3) is 4.07. The third-order valence-electron chi connectivity index (χ3n) is 1.60. The van der Waals surface area contributed by atoms with Gasteiger partial charge in [0.2, 0.25) is 0 Å². The van der Waals surface area contributed by atoms with Gasteiger partial charge in [-0.05, 0) is 20.8 Å². The minimum absolute atomic E-state index is 0.0123. The van der Waals surface area contributed by atoms with E-state index in [4.69, 9.17) is 10.00 Å². The number of rotatable bonds is 1. The van der Waals surface area contributed by atoms with Crippen LogP contribution in [0.4, 0.5) is 14.9 Å². The Hall–Kier alpha value is -2.16. The number of pyridine rings is 1. The van der Waals surface area contributed by atoms with E-state index >= 15 is 0 Å². The van der Waals surface area contributed by atoms with Crippen LogP contribution in [0.15, 0.2) is 12.3 Å². The lowest BCUT2D eigenvalue weighted by atomic mass is 10.2. The van der Waals surface area contributed by atoms with Crippen molar-refractivity contribution in [2.24, 2.45) is 0 Å². The van der Waals surface area contributed by atoms with Crippen LogP contribution in [0.3, 0.4) is 0 Å². The quantitative estimate of drug-likeness (QED) is 0.813. The highest BCUT2D eigenvalue weighted by Gasteiger charge is 2.17. The minimum atomic E-state index is -0.763. The van der Waals surface area contributed by atoms with Crippen molar-refractivity contribution in [1.29, 1.82) is 5.26 Å². The molecule has 1 N–H and O–H groups in total. The molecule has 0 atom stereocenters. The molecule has 1 amide bonds. The molecular formula is C11H12FN3O2. The maximum atomic E-state index is 12.9. The van der Waals surface area contributed by atoms with Gasteiger partial charge in [-0.15, -0.1) is 0 Å². The Kier molecular flexibility index (Phi) is 3.63. The Morgan fingerprint density at radius 1 is 1.59 bits per heavy atom. The molecule has 0 unspecified atom stereocenters. The highest BCUT2D eigenvalue weighted by Crippen LogP contribution is 2.15. The van der Waals surface area contributed by atoms with Crippen molar-refractivity contribution in [1.82, 2.24) is 4.98 Å². The summed E-state index contributed by atoms with van der Waals surface area (Å²) in [5.74, 6) is -0.643. The molecule has 0 bridgehead atoms. The monoisotopic (exact) mass is 237 g/mol. The van der Waals surface area contributed by atoms with Gasteiger partial charge < -0.3 is 4.74 Å². The molecule has 6 heteroatoms. The van der Waals surface area contributed by atoms with Crippen LogP contribution in [0.5, 0.6) is 0 Å². The molecule has 0 aliphatic carbocycles. The van der Waals surface area contributed by atoms with Crippen molar-refractivity contribution in [3.05, 3.63) is 23.8 Å². The third-order valence-corrected chi connectivity index (χ3v) is 1.60. The van der Waals surface area contributed by atoms with Gasteiger partial charge in [0, 0.05) is 6.07 Å². The van der Waals surface area contributed by atoms with Gasteiger partial charge in [0.1, 0.15) is 17.5 Å². The predicted octanol–water partition coefficient (Wildman–Crippen LogP) is 2.44. The minimum Gasteiger partial charge on any atom is -0.444 e. The first-order chi connectivity index (χ1) is 7.81. The molecule has 0 radical (unpaired) electrons. The molecule has 0 saturated carbocycles. The molecule has 0 saturated heterocycles. The molecule has 90 valence electrons. The molecule has 0 fully saturated rings. The van der Waals surface area contributed by atoms with Crippen molar-refractivity contribution in [2.75, 3.05) is 5.32 Å². The topological polar surface area (TPSA) is 75.0 Å². The second-order valence-corrected chi connectivity index (χ2v) is 4.29. The molecule has 17 heavy (non-hydrogen) atoms. The van der Waals surface area contributed by atoms with Crippen molar-refractivity contribution in [3.63, 3.8) is 0 Å². The van der Waals surface area contributed by atoms with E-state index in [1.165, 1.54) is 0 Å². The standard InChI is InChI=1S/C11H12FN3O2/c1-11(2,3)17-10(16)15-8-4-7(12)6-14-9(8)5-13/h4,6H,1-3H3,(H,15,16). The van der Waals surface area contributed by atoms with Crippen LogP contribution in [0.1, 0.15) is 26.5 Å². The second-order valence-electron chi connectivity index (χ2n) is 4.29. The highest BCUT2D eigenvalue weighted by molar-refractivity contribution is 5.86. The number of carbonyl (C=O) groups is 1. The summed E-state index contributed by atoms with van der Waals surface area (Å²) in [5, 5.41) is 11.0. The number of hydrogen-bond donors (Lipinski definition) is 1. The zero-order chi connectivity index (χ0) is 13.1. The second kappa shape index (κ2) is 4.78. The molecule has 0 spiro atoms. The number of anilines is 1. The predicted molar refractivity (Wildman–Crippen MR) is 58.8 cm³/mol.